The Morgan fingerprint density at radius 1 is 1.05 bits per heavy atom. The lowest BCUT2D eigenvalue weighted by Crippen LogP contribution is -2.43. The summed E-state index contributed by atoms with van der Waals surface area (Å²) in [6.07, 6.45) is 2.90. The number of carbonyl (C=O) groups is 2. The van der Waals surface area contributed by atoms with E-state index in [0.717, 1.165) is 24.0 Å². The summed E-state index contributed by atoms with van der Waals surface area (Å²) in [6, 6.07) is 10.7. The van der Waals surface area contributed by atoms with E-state index in [4.69, 9.17) is 10.5 Å². The molecule has 0 bridgehead atoms. The van der Waals surface area contributed by atoms with Crippen molar-refractivity contribution in [3.8, 4) is 5.75 Å². The molecule has 2 amide bonds. The van der Waals surface area contributed by atoms with Crippen molar-refractivity contribution < 1.29 is 14.3 Å². The summed E-state index contributed by atoms with van der Waals surface area (Å²) in [4.78, 5) is 59.5. The largest absolute Gasteiger partial charge is 0.490 e. The van der Waals surface area contributed by atoms with E-state index in [9.17, 15) is 19.2 Å². The monoisotopic (exact) mass is 552 g/mol. The molecule has 1 atom stereocenters. The second-order valence-corrected chi connectivity index (χ2v) is 10.3. The molecule has 0 saturated heterocycles. The first-order valence-electron chi connectivity index (χ1n) is 13.3. The third-order valence-electron chi connectivity index (χ3n) is 7.93. The maximum atomic E-state index is 13.0. The van der Waals surface area contributed by atoms with E-state index >= 15 is 0 Å². The lowest BCUT2D eigenvalue weighted by atomic mass is 9.99. The number of fused-ring (bicyclic) bond motifs is 2. The Morgan fingerprint density at radius 2 is 1.83 bits per heavy atom. The Kier molecular flexibility index (Phi) is 6.49. The fraction of sp³-hybridized carbons (Fsp3) is 0.267. The molecule has 0 saturated carbocycles. The predicted molar refractivity (Wildman–Crippen MR) is 152 cm³/mol. The number of carbonyl (C=O) groups excluding carboxylic acids is 2. The summed E-state index contributed by atoms with van der Waals surface area (Å²) in [5.74, 6) is -0.304. The summed E-state index contributed by atoms with van der Waals surface area (Å²) in [6.45, 7) is 5.02. The standard InChI is InChI=1S/C30H28N6O5/c1-15-3-5-19-18(16(15)2)6-7-20(19)35-30(40)22-12-21(33-14-34-22)29(39)32-13-17-4-8-24-23(11-17)36(9-10-41-24)26-25(31)27(37)28(26)38/h3-5,8,11-12,14,20H,6-7,9-10,13,31H2,1-2H3,(H,32,39)(H,35,40)/t20-/m0/s1. The van der Waals surface area contributed by atoms with Crippen LogP contribution in [0, 0.1) is 13.8 Å². The minimum absolute atomic E-state index is 0.0582. The van der Waals surface area contributed by atoms with Crippen molar-refractivity contribution in [3.05, 3.63) is 102 Å². The number of nitrogens with one attached hydrogen (secondary N) is 2. The molecule has 11 nitrogen and oxygen atoms in total. The van der Waals surface area contributed by atoms with Crippen LogP contribution < -0.4 is 36.9 Å². The zero-order valence-electron chi connectivity index (χ0n) is 22.6. The average Bonchev–Trinajstić information content (AvgIpc) is 3.40. The molecule has 1 aliphatic heterocycles. The van der Waals surface area contributed by atoms with Crippen LogP contribution in [0.25, 0.3) is 0 Å². The van der Waals surface area contributed by atoms with Crippen molar-refractivity contribution in [3.63, 3.8) is 0 Å². The van der Waals surface area contributed by atoms with Gasteiger partial charge in [-0.05, 0) is 66.6 Å². The van der Waals surface area contributed by atoms with E-state index in [2.05, 4.69) is 46.6 Å². The third kappa shape index (κ3) is 4.58. The molecule has 1 aliphatic carbocycles. The molecular weight excluding hydrogens is 524 g/mol. The van der Waals surface area contributed by atoms with Crippen molar-refractivity contribution in [1.82, 2.24) is 20.6 Å². The van der Waals surface area contributed by atoms with Crippen molar-refractivity contribution in [2.24, 2.45) is 0 Å². The number of ether oxygens (including phenoxy) is 1. The Labute approximate surface area is 235 Å². The summed E-state index contributed by atoms with van der Waals surface area (Å²) < 4.78 is 5.69. The van der Waals surface area contributed by atoms with Crippen molar-refractivity contribution in [2.75, 3.05) is 23.8 Å². The zero-order chi connectivity index (χ0) is 28.8. The molecule has 3 aromatic carbocycles. The van der Waals surface area contributed by atoms with Crippen molar-refractivity contribution >= 4 is 28.9 Å². The molecule has 2 heterocycles. The van der Waals surface area contributed by atoms with E-state index in [0.29, 0.717) is 24.6 Å². The van der Waals surface area contributed by atoms with Gasteiger partial charge in [-0.1, -0.05) is 18.2 Å². The fourth-order valence-electron chi connectivity index (χ4n) is 5.53. The molecule has 0 unspecified atom stereocenters. The number of nitrogens with two attached hydrogens (primary N) is 1. The van der Waals surface area contributed by atoms with Gasteiger partial charge in [0.15, 0.2) is 0 Å². The Morgan fingerprint density at radius 3 is 2.61 bits per heavy atom. The minimum Gasteiger partial charge on any atom is -0.490 e. The molecule has 41 heavy (non-hydrogen) atoms. The fourth-order valence-corrected chi connectivity index (χ4v) is 5.53. The number of rotatable bonds is 6. The highest BCUT2D eigenvalue weighted by molar-refractivity contribution is 5.97. The molecule has 0 spiro atoms. The highest BCUT2D eigenvalue weighted by Crippen LogP contribution is 2.38. The van der Waals surface area contributed by atoms with Crippen LogP contribution in [0.1, 0.15) is 61.3 Å². The highest BCUT2D eigenvalue weighted by Gasteiger charge is 2.30. The van der Waals surface area contributed by atoms with E-state index in [1.54, 1.807) is 23.1 Å². The van der Waals surface area contributed by atoms with Crippen LogP contribution in [0.2, 0.25) is 0 Å². The summed E-state index contributed by atoms with van der Waals surface area (Å²) in [7, 11) is 0. The van der Waals surface area contributed by atoms with Crippen LogP contribution in [-0.2, 0) is 13.0 Å². The van der Waals surface area contributed by atoms with Gasteiger partial charge in [-0.3, -0.25) is 19.2 Å². The maximum absolute atomic E-state index is 13.0. The summed E-state index contributed by atoms with van der Waals surface area (Å²) in [5.41, 5.74) is 10.9. The van der Waals surface area contributed by atoms with Gasteiger partial charge in [0.2, 0.25) is 0 Å². The second-order valence-electron chi connectivity index (χ2n) is 10.3. The summed E-state index contributed by atoms with van der Waals surface area (Å²) in [5, 5.41) is 5.85. The van der Waals surface area contributed by atoms with Gasteiger partial charge in [0.05, 0.1) is 18.3 Å². The van der Waals surface area contributed by atoms with Gasteiger partial charge in [0.1, 0.15) is 41.4 Å². The summed E-state index contributed by atoms with van der Waals surface area (Å²) >= 11 is 0. The molecule has 4 N–H and O–H groups in total. The normalized spacial score (nSPS) is 15.7. The third-order valence-corrected chi connectivity index (χ3v) is 7.93. The Hall–Kier alpha value is -5.06. The number of nitrogens with zero attached hydrogens (tertiary/aromatic N) is 3. The second kappa shape index (κ2) is 10.2. The SMILES string of the molecule is Cc1ccc2c(c1C)CC[C@@H]2NC(=O)c1cc(C(=O)NCc2ccc3c(c2)N(c2c(N)c(=O)c2=O)CCO3)ncn1. The number of aromatic nitrogens is 2. The zero-order valence-corrected chi connectivity index (χ0v) is 22.6. The van der Waals surface area contributed by atoms with Gasteiger partial charge in [0, 0.05) is 12.6 Å². The Balaban J connectivity index is 1.13. The smallest absolute Gasteiger partial charge is 0.270 e. The number of hydrogen-bond donors (Lipinski definition) is 3. The molecule has 208 valence electrons. The van der Waals surface area contributed by atoms with Crippen LogP contribution in [0.4, 0.5) is 17.1 Å². The number of hydrogen-bond acceptors (Lipinski definition) is 9. The molecule has 0 fully saturated rings. The van der Waals surface area contributed by atoms with Crippen molar-refractivity contribution in [1.29, 1.82) is 0 Å². The van der Waals surface area contributed by atoms with Gasteiger partial charge in [0.25, 0.3) is 22.7 Å². The first-order chi connectivity index (χ1) is 19.7. The topological polar surface area (TPSA) is 157 Å². The van der Waals surface area contributed by atoms with Crippen LogP contribution in [0.5, 0.6) is 5.75 Å². The van der Waals surface area contributed by atoms with Crippen molar-refractivity contribution in [2.45, 2.75) is 39.3 Å². The van der Waals surface area contributed by atoms with E-state index in [1.807, 2.05) is 0 Å². The first-order valence-corrected chi connectivity index (χ1v) is 13.3. The lowest BCUT2D eigenvalue weighted by Gasteiger charge is -2.32. The number of nitrogen functional groups attached to an aromatic ring is 1. The molecule has 6 rings (SSSR count). The van der Waals surface area contributed by atoms with Gasteiger partial charge < -0.3 is 26.0 Å². The van der Waals surface area contributed by atoms with Crippen LogP contribution in [0.15, 0.2) is 52.3 Å². The maximum Gasteiger partial charge on any atom is 0.270 e. The predicted octanol–water partition coefficient (Wildman–Crippen LogP) is 2.15. The molecule has 1 aromatic heterocycles. The van der Waals surface area contributed by atoms with Crippen LogP contribution >= 0.6 is 0 Å². The number of benzene rings is 2. The molecule has 0 radical (unpaired) electrons. The number of anilines is 3. The van der Waals surface area contributed by atoms with Gasteiger partial charge in [-0.2, -0.15) is 0 Å². The quantitative estimate of drug-likeness (QED) is 0.305. The molecule has 11 heteroatoms. The molecule has 2 aliphatic rings. The lowest BCUT2D eigenvalue weighted by molar-refractivity contribution is 0.0931. The highest BCUT2D eigenvalue weighted by atomic mass is 16.5. The van der Waals surface area contributed by atoms with E-state index in [1.165, 1.54) is 29.1 Å². The van der Waals surface area contributed by atoms with Gasteiger partial charge in [-0.25, -0.2) is 9.97 Å². The first kappa shape index (κ1) is 26.2. The van der Waals surface area contributed by atoms with Gasteiger partial charge in [-0.15, -0.1) is 0 Å². The Bertz CT molecular complexity index is 1790. The van der Waals surface area contributed by atoms with Gasteiger partial charge >= 0.3 is 0 Å². The molecular formula is C30H28N6O5. The van der Waals surface area contributed by atoms with Crippen LogP contribution in [0.3, 0.4) is 0 Å². The van der Waals surface area contributed by atoms with E-state index in [-0.39, 0.29) is 41.3 Å². The van der Waals surface area contributed by atoms with E-state index < -0.39 is 16.8 Å². The number of amides is 2. The molecule has 4 aromatic rings. The van der Waals surface area contributed by atoms with Crippen LogP contribution in [-0.4, -0.2) is 34.9 Å². The average molecular weight is 553 g/mol. The minimum atomic E-state index is -0.687. The number of aryl methyl sites for hydroxylation is 1.